The zero-order chi connectivity index (χ0) is 19.6. The predicted molar refractivity (Wildman–Crippen MR) is 108 cm³/mol. The third-order valence-corrected chi connectivity index (χ3v) is 4.09. The summed E-state index contributed by atoms with van der Waals surface area (Å²) in [6.45, 7) is 4.48. The lowest BCUT2D eigenvalue weighted by Gasteiger charge is -2.10. The van der Waals surface area contributed by atoms with Gasteiger partial charge in [-0.15, -0.1) is 0 Å². The molecule has 0 amide bonds. The van der Waals surface area contributed by atoms with Crippen LogP contribution in [-0.2, 0) is 17.9 Å². The Balaban J connectivity index is 1.35. The highest BCUT2D eigenvalue weighted by atomic mass is 16.5. The van der Waals surface area contributed by atoms with Crippen molar-refractivity contribution in [1.82, 2.24) is 15.6 Å². The van der Waals surface area contributed by atoms with Crippen LogP contribution in [0, 0.1) is 6.92 Å². The molecule has 0 atom stereocenters. The largest absolute Gasteiger partial charge is 0.467 e. The topological polar surface area (TPSA) is 84.8 Å². The summed E-state index contributed by atoms with van der Waals surface area (Å²) < 4.78 is 16.4. The molecular weight excluding hydrogens is 356 g/mol. The highest BCUT2D eigenvalue weighted by molar-refractivity contribution is 5.79. The van der Waals surface area contributed by atoms with E-state index >= 15 is 0 Å². The van der Waals surface area contributed by atoms with Crippen molar-refractivity contribution in [3.63, 3.8) is 0 Å². The molecule has 0 bridgehead atoms. The van der Waals surface area contributed by atoms with E-state index in [2.05, 4.69) is 27.5 Å². The number of nitrogens with zero attached hydrogens (tertiary/aromatic N) is 2. The molecule has 0 unspecified atom stereocenters. The molecule has 0 fully saturated rings. The Labute approximate surface area is 164 Å². The van der Waals surface area contributed by atoms with Crippen LogP contribution in [0.5, 0.6) is 0 Å². The number of hydrogen-bond donors (Lipinski definition) is 2. The highest BCUT2D eigenvalue weighted by Gasteiger charge is 2.07. The molecule has 2 aromatic heterocycles. The Morgan fingerprint density at radius 2 is 2.00 bits per heavy atom. The maximum Gasteiger partial charge on any atom is 0.226 e. The van der Waals surface area contributed by atoms with E-state index in [1.807, 2.05) is 36.4 Å². The summed E-state index contributed by atoms with van der Waals surface area (Å²) in [7, 11) is 1.74. The fourth-order valence-electron chi connectivity index (χ4n) is 2.56. The van der Waals surface area contributed by atoms with Crippen molar-refractivity contribution in [3.8, 4) is 11.5 Å². The minimum atomic E-state index is 0.495. The third kappa shape index (κ3) is 5.99. The molecule has 3 aromatic rings. The molecule has 0 aliphatic rings. The van der Waals surface area contributed by atoms with E-state index in [1.165, 1.54) is 5.56 Å². The maximum absolute atomic E-state index is 5.58. The van der Waals surface area contributed by atoms with Crippen molar-refractivity contribution in [2.45, 2.75) is 26.5 Å². The number of benzene rings is 1. The van der Waals surface area contributed by atoms with E-state index in [4.69, 9.17) is 13.6 Å². The molecule has 7 nitrogen and oxygen atoms in total. The molecular formula is C21H26N4O3. The number of oxazole rings is 1. The molecule has 0 aliphatic heterocycles. The Hall–Kier alpha value is -3.06. The van der Waals surface area contributed by atoms with Crippen molar-refractivity contribution >= 4 is 5.96 Å². The highest BCUT2D eigenvalue weighted by Crippen LogP contribution is 2.18. The predicted octanol–water partition coefficient (Wildman–Crippen LogP) is 3.51. The van der Waals surface area contributed by atoms with Gasteiger partial charge in [-0.3, -0.25) is 4.99 Å². The van der Waals surface area contributed by atoms with Crippen LogP contribution in [0.3, 0.4) is 0 Å². The monoisotopic (exact) mass is 382 g/mol. The quantitative estimate of drug-likeness (QED) is 0.335. The van der Waals surface area contributed by atoms with Gasteiger partial charge in [0.15, 0.2) is 5.96 Å². The van der Waals surface area contributed by atoms with Crippen LogP contribution in [0.2, 0.25) is 0 Å². The van der Waals surface area contributed by atoms with Gasteiger partial charge in [0, 0.05) is 25.8 Å². The number of aromatic nitrogens is 1. The van der Waals surface area contributed by atoms with Crippen LogP contribution in [0.1, 0.15) is 23.4 Å². The number of hydrogen-bond acceptors (Lipinski definition) is 5. The van der Waals surface area contributed by atoms with Gasteiger partial charge in [-0.25, -0.2) is 4.98 Å². The van der Waals surface area contributed by atoms with E-state index in [0.29, 0.717) is 31.6 Å². The van der Waals surface area contributed by atoms with Gasteiger partial charge in [0.1, 0.15) is 18.6 Å². The van der Waals surface area contributed by atoms with Crippen molar-refractivity contribution in [2.75, 3.05) is 20.2 Å². The van der Waals surface area contributed by atoms with E-state index in [-0.39, 0.29) is 0 Å². The molecule has 1 aromatic carbocycles. The molecule has 0 radical (unpaired) electrons. The Morgan fingerprint density at radius 1 is 1.14 bits per heavy atom. The molecule has 148 valence electrons. The first-order valence-electron chi connectivity index (χ1n) is 9.30. The second kappa shape index (κ2) is 10.3. The zero-order valence-corrected chi connectivity index (χ0v) is 16.3. The lowest BCUT2D eigenvalue weighted by Crippen LogP contribution is -2.37. The molecule has 28 heavy (non-hydrogen) atoms. The first-order chi connectivity index (χ1) is 13.7. The number of nitrogens with one attached hydrogen (secondary N) is 2. The molecule has 7 heteroatoms. The first-order valence-corrected chi connectivity index (χ1v) is 9.30. The average molecular weight is 382 g/mol. The van der Waals surface area contributed by atoms with Crippen LogP contribution in [0.15, 0.2) is 62.8 Å². The summed E-state index contributed by atoms with van der Waals surface area (Å²) in [6.07, 6.45) is 4.18. The van der Waals surface area contributed by atoms with Gasteiger partial charge in [0.2, 0.25) is 5.89 Å². The van der Waals surface area contributed by atoms with Gasteiger partial charge in [-0.2, -0.15) is 0 Å². The molecule has 3 rings (SSSR count). The fraction of sp³-hybridized carbons (Fsp3) is 0.333. The third-order valence-electron chi connectivity index (χ3n) is 4.09. The van der Waals surface area contributed by atoms with Gasteiger partial charge >= 0.3 is 0 Å². The van der Waals surface area contributed by atoms with Gasteiger partial charge in [0.25, 0.3) is 0 Å². The van der Waals surface area contributed by atoms with Gasteiger partial charge in [-0.1, -0.05) is 17.7 Å². The maximum atomic E-state index is 5.58. The van der Waals surface area contributed by atoms with E-state index in [0.717, 1.165) is 30.0 Å². The first kappa shape index (κ1) is 19.7. The second-order valence-corrected chi connectivity index (χ2v) is 6.35. The van der Waals surface area contributed by atoms with Gasteiger partial charge in [-0.05, 0) is 37.6 Å². The molecule has 2 heterocycles. The van der Waals surface area contributed by atoms with Crippen molar-refractivity contribution in [2.24, 2.45) is 4.99 Å². The summed E-state index contributed by atoms with van der Waals surface area (Å²) in [6, 6.07) is 11.9. The Bertz CT molecular complexity index is 854. The minimum absolute atomic E-state index is 0.495. The van der Waals surface area contributed by atoms with E-state index < -0.39 is 0 Å². The van der Waals surface area contributed by atoms with Crippen LogP contribution in [0.4, 0.5) is 0 Å². The molecule has 0 saturated heterocycles. The van der Waals surface area contributed by atoms with Crippen LogP contribution >= 0.6 is 0 Å². The summed E-state index contributed by atoms with van der Waals surface area (Å²) in [5.74, 6) is 2.17. The number of ether oxygens (including phenoxy) is 1. The summed E-state index contributed by atoms with van der Waals surface area (Å²) >= 11 is 0. The summed E-state index contributed by atoms with van der Waals surface area (Å²) in [5.41, 5.74) is 2.99. The lowest BCUT2D eigenvalue weighted by atomic mass is 10.1. The average Bonchev–Trinajstić information content (AvgIpc) is 3.39. The van der Waals surface area contributed by atoms with Crippen LogP contribution < -0.4 is 10.6 Å². The van der Waals surface area contributed by atoms with Gasteiger partial charge in [0.05, 0.1) is 18.5 Å². The minimum Gasteiger partial charge on any atom is -0.467 e. The van der Waals surface area contributed by atoms with E-state index in [1.54, 1.807) is 19.6 Å². The number of furan rings is 1. The standard InChI is InChI=1S/C21H26N4O3/c1-16-6-8-17(9-7-16)20-25-18(14-28-20)13-24-21(22-2)23-10-4-11-26-15-19-5-3-12-27-19/h3,5-9,12,14H,4,10-11,13,15H2,1-2H3,(H2,22,23,24). The number of rotatable bonds is 9. The molecule has 0 saturated carbocycles. The van der Waals surface area contributed by atoms with E-state index in [9.17, 15) is 0 Å². The smallest absolute Gasteiger partial charge is 0.226 e. The van der Waals surface area contributed by atoms with Crippen LogP contribution in [0.25, 0.3) is 11.5 Å². The van der Waals surface area contributed by atoms with Gasteiger partial charge < -0.3 is 24.2 Å². The lowest BCUT2D eigenvalue weighted by molar-refractivity contribution is 0.105. The molecule has 2 N–H and O–H groups in total. The number of aliphatic imine (C=N–C) groups is 1. The molecule has 0 spiro atoms. The van der Waals surface area contributed by atoms with Crippen LogP contribution in [-0.4, -0.2) is 31.1 Å². The van der Waals surface area contributed by atoms with Crippen molar-refractivity contribution in [1.29, 1.82) is 0 Å². The number of aryl methyl sites for hydroxylation is 1. The number of guanidine groups is 1. The zero-order valence-electron chi connectivity index (χ0n) is 16.3. The Kier molecular flexibility index (Phi) is 7.26. The SMILES string of the molecule is CN=C(NCCCOCc1ccco1)NCc1coc(-c2ccc(C)cc2)n1. The van der Waals surface area contributed by atoms with Crippen molar-refractivity contribution in [3.05, 3.63) is 65.9 Å². The second-order valence-electron chi connectivity index (χ2n) is 6.35. The summed E-state index contributed by atoms with van der Waals surface area (Å²) in [4.78, 5) is 8.74. The molecule has 0 aliphatic carbocycles. The summed E-state index contributed by atoms with van der Waals surface area (Å²) in [5, 5.41) is 6.49. The normalized spacial score (nSPS) is 11.6. The van der Waals surface area contributed by atoms with Crippen molar-refractivity contribution < 1.29 is 13.6 Å². The fourth-order valence-corrected chi connectivity index (χ4v) is 2.56. The Morgan fingerprint density at radius 3 is 2.75 bits per heavy atom.